The zero-order valence-electron chi connectivity index (χ0n) is 23.9. The average molecular weight is 563 g/mol. The van der Waals surface area contributed by atoms with Gasteiger partial charge in [-0.2, -0.15) is 5.26 Å². The summed E-state index contributed by atoms with van der Waals surface area (Å²) in [5.41, 5.74) is 1.08. The molecule has 2 atom stereocenters. The fourth-order valence-corrected chi connectivity index (χ4v) is 4.66. The molecular formula is C34H34N4O4. The van der Waals surface area contributed by atoms with Gasteiger partial charge in [0.15, 0.2) is 0 Å². The van der Waals surface area contributed by atoms with E-state index in [1.807, 2.05) is 72.8 Å². The van der Waals surface area contributed by atoms with Crippen molar-refractivity contribution in [3.05, 3.63) is 114 Å². The monoisotopic (exact) mass is 562 g/mol. The maximum Gasteiger partial charge on any atom is 0.408 e. The van der Waals surface area contributed by atoms with E-state index in [0.29, 0.717) is 11.3 Å². The number of amides is 3. The smallest absolute Gasteiger partial charge is 0.408 e. The maximum atomic E-state index is 14.2. The summed E-state index contributed by atoms with van der Waals surface area (Å²) in [5.74, 6) is -1.08. The SMILES string of the molecule is CC(C)(C)OC(=O)NC(Cc1ccccc1)C(=O)N(CC#N)C(C(=O)Nc1ccc2ccccc2c1)c1ccccc1. The maximum absolute atomic E-state index is 14.2. The fraction of sp³-hybridized carbons (Fsp3) is 0.235. The Labute approximate surface area is 245 Å². The molecule has 0 bridgehead atoms. The lowest BCUT2D eigenvalue weighted by atomic mass is 10.00. The van der Waals surface area contributed by atoms with Gasteiger partial charge in [-0.3, -0.25) is 9.59 Å². The number of carbonyl (C=O) groups is 3. The van der Waals surface area contributed by atoms with Gasteiger partial charge in [-0.15, -0.1) is 0 Å². The van der Waals surface area contributed by atoms with Crippen LogP contribution < -0.4 is 10.6 Å². The van der Waals surface area contributed by atoms with Gasteiger partial charge in [0.2, 0.25) is 5.91 Å². The van der Waals surface area contributed by atoms with Crippen LogP contribution in [0.4, 0.5) is 10.5 Å². The molecule has 2 unspecified atom stereocenters. The molecule has 0 spiro atoms. The Morgan fingerprint density at radius 3 is 2.12 bits per heavy atom. The van der Waals surface area contributed by atoms with Crippen LogP contribution in [0.25, 0.3) is 10.8 Å². The highest BCUT2D eigenvalue weighted by Crippen LogP contribution is 2.26. The molecule has 3 amide bonds. The highest BCUT2D eigenvalue weighted by Gasteiger charge is 2.36. The van der Waals surface area contributed by atoms with E-state index in [1.165, 1.54) is 4.90 Å². The van der Waals surface area contributed by atoms with Crippen LogP contribution in [0.5, 0.6) is 0 Å². The number of hydrogen-bond acceptors (Lipinski definition) is 5. The van der Waals surface area contributed by atoms with E-state index >= 15 is 0 Å². The van der Waals surface area contributed by atoms with Crippen LogP contribution in [-0.2, 0) is 20.7 Å². The second-order valence-corrected chi connectivity index (χ2v) is 10.9. The van der Waals surface area contributed by atoms with E-state index < -0.39 is 35.6 Å². The first kappa shape index (κ1) is 29.8. The van der Waals surface area contributed by atoms with Crippen LogP contribution in [-0.4, -0.2) is 41.0 Å². The first-order valence-corrected chi connectivity index (χ1v) is 13.7. The van der Waals surface area contributed by atoms with E-state index in [2.05, 4.69) is 10.6 Å². The summed E-state index contributed by atoms with van der Waals surface area (Å²) < 4.78 is 5.44. The van der Waals surface area contributed by atoms with Crippen LogP contribution in [0.2, 0.25) is 0 Å². The van der Waals surface area contributed by atoms with E-state index in [9.17, 15) is 19.6 Å². The number of benzene rings is 4. The van der Waals surface area contributed by atoms with Crippen molar-refractivity contribution in [3.8, 4) is 6.07 Å². The molecule has 0 saturated carbocycles. The summed E-state index contributed by atoms with van der Waals surface area (Å²) in [6.45, 7) is 4.80. The summed E-state index contributed by atoms with van der Waals surface area (Å²) in [4.78, 5) is 42.2. The van der Waals surface area contributed by atoms with Gasteiger partial charge in [-0.25, -0.2) is 4.79 Å². The van der Waals surface area contributed by atoms with E-state index in [-0.39, 0.29) is 13.0 Å². The summed E-state index contributed by atoms with van der Waals surface area (Å²) in [7, 11) is 0. The highest BCUT2D eigenvalue weighted by atomic mass is 16.6. The average Bonchev–Trinajstić information content (AvgIpc) is 2.96. The molecule has 0 aromatic heterocycles. The highest BCUT2D eigenvalue weighted by molar-refractivity contribution is 6.00. The predicted molar refractivity (Wildman–Crippen MR) is 162 cm³/mol. The Morgan fingerprint density at radius 1 is 0.857 bits per heavy atom. The van der Waals surface area contributed by atoms with Gasteiger partial charge in [0.25, 0.3) is 5.91 Å². The Bertz CT molecular complexity index is 1580. The number of nitrogens with one attached hydrogen (secondary N) is 2. The molecule has 0 aliphatic carbocycles. The molecule has 8 nitrogen and oxygen atoms in total. The molecule has 4 aromatic carbocycles. The third-order valence-electron chi connectivity index (χ3n) is 6.49. The van der Waals surface area contributed by atoms with Crippen molar-refractivity contribution in [1.82, 2.24) is 10.2 Å². The lowest BCUT2D eigenvalue weighted by Crippen LogP contribution is -2.53. The third-order valence-corrected chi connectivity index (χ3v) is 6.49. The van der Waals surface area contributed by atoms with Crippen molar-refractivity contribution in [2.24, 2.45) is 0 Å². The topological polar surface area (TPSA) is 112 Å². The van der Waals surface area contributed by atoms with E-state index in [0.717, 1.165) is 16.3 Å². The number of nitriles is 1. The number of ether oxygens (including phenoxy) is 1. The number of rotatable bonds is 9. The van der Waals surface area contributed by atoms with Crippen molar-refractivity contribution in [3.63, 3.8) is 0 Å². The number of fused-ring (bicyclic) bond motifs is 1. The zero-order chi connectivity index (χ0) is 30.1. The summed E-state index contributed by atoms with van der Waals surface area (Å²) in [6.07, 6.45) is -0.639. The van der Waals surface area contributed by atoms with Gasteiger partial charge < -0.3 is 20.3 Å². The third kappa shape index (κ3) is 7.95. The molecule has 0 heterocycles. The van der Waals surface area contributed by atoms with Gasteiger partial charge in [-0.05, 0) is 54.8 Å². The molecule has 2 N–H and O–H groups in total. The minimum atomic E-state index is -1.15. The minimum absolute atomic E-state index is 0.134. The summed E-state index contributed by atoms with van der Waals surface area (Å²) in [6, 6.07) is 31.1. The molecule has 0 saturated heterocycles. The minimum Gasteiger partial charge on any atom is -0.444 e. The second-order valence-electron chi connectivity index (χ2n) is 10.9. The standard InChI is InChI=1S/C34H34N4O4/c1-34(2,3)42-33(41)37-29(22-24-12-6-4-7-13-24)32(40)38(21-20-35)30(26-15-8-5-9-16-26)31(39)36-28-19-18-25-14-10-11-17-27(25)23-28/h4-19,23,29-30H,21-22H2,1-3H3,(H,36,39)(H,37,41). The van der Waals surface area contributed by atoms with Crippen LogP contribution in [0.15, 0.2) is 103 Å². The van der Waals surface area contributed by atoms with Crippen LogP contribution >= 0.6 is 0 Å². The van der Waals surface area contributed by atoms with E-state index in [4.69, 9.17) is 4.74 Å². The molecule has 0 radical (unpaired) electrons. The lowest BCUT2D eigenvalue weighted by molar-refractivity contribution is -0.140. The molecule has 0 aliphatic rings. The van der Waals surface area contributed by atoms with Gasteiger partial charge in [0, 0.05) is 12.1 Å². The number of nitrogens with zero attached hydrogens (tertiary/aromatic N) is 2. The molecule has 4 aromatic rings. The Morgan fingerprint density at radius 2 is 1.48 bits per heavy atom. The molecule has 42 heavy (non-hydrogen) atoms. The molecule has 214 valence electrons. The Hall–Kier alpha value is -5.16. The summed E-state index contributed by atoms with van der Waals surface area (Å²) in [5, 5.41) is 17.4. The van der Waals surface area contributed by atoms with Crippen LogP contribution in [0, 0.1) is 11.3 Å². The number of carbonyl (C=O) groups excluding carboxylic acids is 3. The van der Waals surface area contributed by atoms with Gasteiger partial charge in [0.1, 0.15) is 24.2 Å². The summed E-state index contributed by atoms with van der Waals surface area (Å²) >= 11 is 0. The van der Waals surface area contributed by atoms with Gasteiger partial charge >= 0.3 is 6.09 Å². The molecule has 0 aliphatic heterocycles. The van der Waals surface area contributed by atoms with Crippen molar-refractivity contribution in [2.75, 3.05) is 11.9 Å². The zero-order valence-corrected chi connectivity index (χ0v) is 23.9. The molecule has 8 heteroatoms. The first-order chi connectivity index (χ1) is 20.1. The van der Waals surface area contributed by atoms with Gasteiger partial charge in [0.05, 0.1) is 6.07 Å². The Kier molecular flexibility index (Phi) is 9.56. The molecule has 4 rings (SSSR count). The molecular weight excluding hydrogens is 528 g/mol. The molecule has 0 fully saturated rings. The second kappa shape index (κ2) is 13.5. The van der Waals surface area contributed by atoms with Crippen LogP contribution in [0.3, 0.4) is 0 Å². The first-order valence-electron chi connectivity index (χ1n) is 13.7. The van der Waals surface area contributed by atoms with Gasteiger partial charge in [-0.1, -0.05) is 91.0 Å². The van der Waals surface area contributed by atoms with Crippen molar-refractivity contribution < 1.29 is 19.1 Å². The number of alkyl carbamates (subject to hydrolysis) is 1. The van der Waals surface area contributed by atoms with Crippen LogP contribution in [0.1, 0.15) is 37.9 Å². The lowest BCUT2D eigenvalue weighted by Gasteiger charge is -2.33. The van der Waals surface area contributed by atoms with E-state index in [1.54, 1.807) is 57.2 Å². The predicted octanol–water partition coefficient (Wildman–Crippen LogP) is 6.01. The number of anilines is 1. The normalized spacial score (nSPS) is 12.4. The number of hydrogen-bond donors (Lipinski definition) is 2. The largest absolute Gasteiger partial charge is 0.444 e. The van der Waals surface area contributed by atoms with Crippen molar-refractivity contribution in [2.45, 2.75) is 44.9 Å². The van der Waals surface area contributed by atoms with Crippen molar-refractivity contribution in [1.29, 1.82) is 5.26 Å². The quantitative estimate of drug-likeness (QED) is 0.243. The Balaban J connectivity index is 1.70. The fourth-order valence-electron chi connectivity index (χ4n) is 4.66. The van der Waals surface area contributed by atoms with Crippen molar-refractivity contribution >= 4 is 34.4 Å².